The molecule has 18 heavy (non-hydrogen) atoms. The van der Waals surface area contributed by atoms with E-state index in [-0.39, 0.29) is 0 Å². The third kappa shape index (κ3) is 2.58. The van der Waals surface area contributed by atoms with Crippen molar-refractivity contribution in [2.24, 2.45) is 7.05 Å². The van der Waals surface area contributed by atoms with Gasteiger partial charge in [0.05, 0.1) is 5.69 Å². The van der Waals surface area contributed by atoms with Crippen molar-refractivity contribution in [2.75, 3.05) is 11.9 Å². The highest BCUT2D eigenvalue weighted by molar-refractivity contribution is 5.34. The van der Waals surface area contributed by atoms with Crippen molar-refractivity contribution in [3.63, 3.8) is 0 Å². The largest absolute Gasteiger partial charge is 0.421 e. The molecule has 0 bridgehead atoms. The van der Waals surface area contributed by atoms with E-state index < -0.39 is 0 Å². The van der Waals surface area contributed by atoms with Gasteiger partial charge in [0.25, 0.3) is 0 Å². The van der Waals surface area contributed by atoms with Gasteiger partial charge >= 0.3 is 0 Å². The van der Waals surface area contributed by atoms with Gasteiger partial charge in [0.2, 0.25) is 17.7 Å². The molecule has 0 fully saturated rings. The highest BCUT2D eigenvalue weighted by atomic mass is 16.5. The van der Waals surface area contributed by atoms with E-state index in [1.807, 2.05) is 33.9 Å². The Morgan fingerprint density at radius 2 is 2.17 bits per heavy atom. The molecule has 0 atom stereocenters. The van der Waals surface area contributed by atoms with Crippen LogP contribution in [0.5, 0.6) is 11.8 Å². The molecule has 6 heteroatoms. The van der Waals surface area contributed by atoms with Crippen molar-refractivity contribution in [3.05, 3.63) is 23.5 Å². The van der Waals surface area contributed by atoms with Crippen LogP contribution in [0.3, 0.4) is 0 Å². The van der Waals surface area contributed by atoms with Crippen molar-refractivity contribution in [2.45, 2.75) is 20.8 Å². The SMILES string of the molecule is CCNc1ncc(C)c(Oc2cc(C)nn2C)n1. The number of nitrogens with one attached hydrogen (secondary N) is 1. The van der Waals surface area contributed by atoms with E-state index in [9.17, 15) is 0 Å². The lowest BCUT2D eigenvalue weighted by molar-refractivity contribution is 0.412. The van der Waals surface area contributed by atoms with Crippen LogP contribution in [0.1, 0.15) is 18.2 Å². The summed E-state index contributed by atoms with van der Waals surface area (Å²) in [6.07, 6.45) is 1.74. The molecule has 0 unspecified atom stereocenters. The van der Waals surface area contributed by atoms with Crippen molar-refractivity contribution >= 4 is 5.95 Å². The molecule has 0 saturated heterocycles. The smallest absolute Gasteiger partial charge is 0.229 e. The van der Waals surface area contributed by atoms with Gasteiger partial charge in [-0.05, 0) is 20.8 Å². The van der Waals surface area contributed by atoms with Crippen LogP contribution >= 0.6 is 0 Å². The van der Waals surface area contributed by atoms with E-state index in [1.54, 1.807) is 10.9 Å². The van der Waals surface area contributed by atoms with E-state index >= 15 is 0 Å². The molecule has 0 aliphatic heterocycles. The van der Waals surface area contributed by atoms with E-state index in [1.165, 1.54) is 0 Å². The summed E-state index contributed by atoms with van der Waals surface area (Å²) in [5, 5.41) is 7.28. The molecule has 2 heterocycles. The number of aromatic nitrogens is 4. The van der Waals surface area contributed by atoms with Gasteiger partial charge in [-0.1, -0.05) is 0 Å². The number of rotatable bonds is 4. The van der Waals surface area contributed by atoms with Crippen LogP contribution in [0, 0.1) is 13.8 Å². The summed E-state index contributed by atoms with van der Waals surface area (Å²) in [5.41, 5.74) is 1.79. The summed E-state index contributed by atoms with van der Waals surface area (Å²) in [4.78, 5) is 8.50. The van der Waals surface area contributed by atoms with Crippen molar-refractivity contribution in [1.29, 1.82) is 0 Å². The standard InChI is InChI=1S/C12H17N5O/c1-5-13-12-14-7-8(2)11(15-12)18-10-6-9(3)16-17(10)4/h6-7H,5H2,1-4H3,(H,13,14,15). The third-order valence-corrected chi connectivity index (χ3v) is 2.42. The maximum atomic E-state index is 5.76. The van der Waals surface area contributed by atoms with E-state index in [0.29, 0.717) is 17.7 Å². The molecule has 0 radical (unpaired) electrons. The summed E-state index contributed by atoms with van der Waals surface area (Å²) in [6.45, 7) is 6.60. The molecule has 1 N–H and O–H groups in total. The molecule has 0 aromatic carbocycles. The Bertz CT molecular complexity index is 549. The van der Waals surface area contributed by atoms with Crippen molar-refractivity contribution in [3.8, 4) is 11.8 Å². The van der Waals surface area contributed by atoms with Crippen LogP contribution in [0.25, 0.3) is 0 Å². The van der Waals surface area contributed by atoms with Gasteiger partial charge < -0.3 is 10.1 Å². The van der Waals surface area contributed by atoms with Crippen LogP contribution < -0.4 is 10.1 Å². The maximum absolute atomic E-state index is 5.76. The lowest BCUT2D eigenvalue weighted by Crippen LogP contribution is -2.04. The third-order valence-electron chi connectivity index (χ3n) is 2.42. The van der Waals surface area contributed by atoms with Gasteiger partial charge in [-0.15, -0.1) is 0 Å². The van der Waals surface area contributed by atoms with Gasteiger partial charge in [-0.25, -0.2) is 9.67 Å². The van der Waals surface area contributed by atoms with E-state index in [0.717, 1.165) is 17.8 Å². The zero-order chi connectivity index (χ0) is 13.1. The summed E-state index contributed by atoms with van der Waals surface area (Å²) < 4.78 is 7.44. The second kappa shape index (κ2) is 5.03. The predicted octanol–water partition coefficient (Wildman–Crippen LogP) is 2.05. The monoisotopic (exact) mass is 247 g/mol. The Morgan fingerprint density at radius 1 is 1.39 bits per heavy atom. The zero-order valence-electron chi connectivity index (χ0n) is 11.1. The van der Waals surface area contributed by atoms with Gasteiger partial charge in [0.15, 0.2) is 0 Å². The van der Waals surface area contributed by atoms with Crippen molar-refractivity contribution < 1.29 is 4.74 Å². The first-order chi connectivity index (χ1) is 8.60. The summed E-state index contributed by atoms with van der Waals surface area (Å²) in [7, 11) is 1.84. The maximum Gasteiger partial charge on any atom is 0.229 e. The average molecular weight is 247 g/mol. The Balaban J connectivity index is 2.27. The second-order valence-corrected chi connectivity index (χ2v) is 4.06. The summed E-state index contributed by atoms with van der Waals surface area (Å²) in [6, 6.07) is 1.87. The normalized spacial score (nSPS) is 10.4. The number of hydrogen-bond acceptors (Lipinski definition) is 5. The van der Waals surface area contributed by atoms with Gasteiger partial charge in [0.1, 0.15) is 0 Å². The van der Waals surface area contributed by atoms with Crippen LogP contribution in [-0.4, -0.2) is 26.3 Å². The molecule has 2 aromatic heterocycles. The van der Waals surface area contributed by atoms with Gasteiger partial charge in [-0.2, -0.15) is 10.1 Å². The Morgan fingerprint density at radius 3 is 2.78 bits per heavy atom. The number of aryl methyl sites for hydroxylation is 3. The first kappa shape index (κ1) is 12.3. The Kier molecular flexibility index (Phi) is 3.45. The fourth-order valence-corrected chi connectivity index (χ4v) is 1.55. The van der Waals surface area contributed by atoms with Gasteiger partial charge in [-0.3, -0.25) is 0 Å². The fourth-order valence-electron chi connectivity index (χ4n) is 1.55. The Labute approximate surface area is 106 Å². The molecule has 0 aliphatic carbocycles. The molecule has 0 aliphatic rings. The molecule has 2 rings (SSSR count). The molecule has 6 nitrogen and oxygen atoms in total. The summed E-state index contributed by atoms with van der Waals surface area (Å²) >= 11 is 0. The highest BCUT2D eigenvalue weighted by Crippen LogP contribution is 2.23. The van der Waals surface area contributed by atoms with Crippen LogP contribution in [0.4, 0.5) is 5.95 Å². The first-order valence-electron chi connectivity index (χ1n) is 5.86. The van der Waals surface area contributed by atoms with E-state index in [4.69, 9.17) is 4.74 Å². The predicted molar refractivity (Wildman–Crippen MR) is 69.0 cm³/mol. The molecular formula is C12H17N5O. The van der Waals surface area contributed by atoms with Crippen LogP contribution in [0.2, 0.25) is 0 Å². The van der Waals surface area contributed by atoms with E-state index in [2.05, 4.69) is 20.4 Å². The number of hydrogen-bond donors (Lipinski definition) is 1. The van der Waals surface area contributed by atoms with Gasteiger partial charge in [0, 0.05) is 31.4 Å². The first-order valence-corrected chi connectivity index (χ1v) is 5.86. The second-order valence-electron chi connectivity index (χ2n) is 4.06. The molecular weight excluding hydrogens is 230 g/mol. The average Bonchev–Trinajstić information content (AvgIpc) is 2.62. The number of anilines is 1. The van der Waals surface area contributed by atoms with Crippen molar-refractivity contribution in [1.82, 2.24) is 19.7 Å². The quantitative estimate of drug-likeness (QED) is 0.895. The minimum absolute atomic E-state index is 0.545. The molecule has 0 saturated carbocycles. The topological polar surface area (TPSA) is 64.9 Å². The zero-order valence-corrected chi connectivity index (χ0v) is 11.1. The lowest BCUT2D eigenvalue weighted by atomic mass is 10.4. The number of ether oxygens (including phenoxy) is 1. The molecule has 0 amide bonds. The van der Waals surface area contributed by atoms with Crippen LogP contribution in [0.15, 0.2) is 12.3 Å². The molecule has 2 aromatic rings. The fraction of sp³-hybridized carbons (Fsp3) is 0.417. The molecule has 0 spiro atoms. The summed E-state index contributed by atoms with van der Waals surface area (Å²) in [5.74, 6) is 1.78. The van der Waals surface area contributed by atoms with Crippen LogP contribution in [-0.2, 0) is 7.05 Å². The number of nitrogens with zero attached hydrogens (tertiary/aromatic N) is 4. The molecule has 96 valence electrons. The minimum Gasteiger partial charge on any atom is -0.421 e. The Hall–Kier alpha value is -2.11. The highest BCUT2D eigenvalue weighted by Gasteiger charge is 2.09. The minimum atomic E-state index is 0.545. The lowest BCUT2D eigenvalue weighted by Gasteiger charge is -2.08.